The molecule has 1 saturated heterocycles. The number of ether oxygens (including phenoxy) is 1. The number of amides is 1. The van der Waals surface area contributed by atoms with Gasteiger partial charge in [0.05, 0.1) is 15.7 Å². The summed E-state index contributed by atoms with van der Waals surface area (Å²) in [5.41, 5.74) is 0.571. The van der Waals surface area contributed by atoms with Gasteiger partial charge in [-0.25, -0.2) is 8.42 Å². The molecule has 1 fully saturated rings. The van der Waals surface area contributed by atoms with Gasteiger partial charge in [-0.2, -0.15) is 0 Å². The predicted molar refractivity (Wildman–Crippen MR) is 99.9 cm³/mol. The average molecular weight is 387 g/mol. The molecule has 2 heterocycles. The van der Waals surface area contributed by atoms with Crippen LogP contribution in [0.3, 0.4) is 0 Å². The monoisotopic (exact) mass is 386 g/mol. The summed E-state index contributed by atoms with van der Waals surface area (Å²) in [5.74, 6) is 0.00174. The Morgan fingerprint density at radius 2 is 1.85 bits per heavy atom. The van der Waals surface area contributed by atoms with E-state index in [1.165, 1.54) is 0 Å². The Labute approximate surface area is 155 Å². The molecule has 1 aromatic rings. The zero-order chi connectivity index (χ0) is 19.6. The average Bonchev–Trinajstić information content (AvgIpc) is 3.02. The highest BCUT2D eigenvalue weighted by atomic mass is 32.2. The Morgan fingerprint density at radius 1 is 1.23 bits per heavy atom. The van der Waals surface area contributed by atoms with Crippen molar-refractivity contribution in [3.63, 3.8) is 0 Å². The lowest BCUT2D eigenvalue weighted by molar-refractivity contribution is -0.116. The van der Waals surface area contributed by atoms with Gasteiger partial charge in [-0.3, -0.25) is 10.1 Å². The van der Waals surface area contributed by atoms with Crippen LogP contribution in [0.1, 0.15) is 66.0 Å². The highest BCUT2D eigenvalue weighted by Gasteiger charge is 2.41. The molecule has 0 aliphatic carbocycles. The van der Waals surface area contributed by atoms with Gasteiger partial charge in [0.15, 0.2) is 9.84 Å². The van der Waals surface area contributed by atoms with E-state index in [-0.39, 0.29) is 30.0 Å². The van der Waals surface area contributed by atoms with Crippen LogP contribution in [-0.4, -0.2) is 42.7 Å². The summed E-state index contributed by atoms with van der Waals surface area (Å²) in [6.45, 7) is 10.3. The van der Waals surface area contributed by atoms with Crippen molar-refractivity contribution >= 4 is 21.6 Å². The molecule has 0 radical (unpaired) electrons. The van der Waals surface area contributed by atoms with Gasteiger partial charge >= 0.3 is 0 Å². The molecule has 0 saturated carbocycles. The molecule has 1 N–H and O–H groups in total. The normalized spacial score (nSPS) is 17.3. The molecule has 0 atom stereocenters. The number of hydrogen-bond acceptors (Lipinski definition) is 6. The third-order valence-corrected chi connectivity index (χ3v) is 7.97. The van der Waals surface area contributed by atoms with Crippen molar-refractivity contribution in [1.29, 1.82) is 0 Å². The maximum Gasteiger partial charge on any atom is 0.231 e. The van der Waals surface area contributed by atoms with Gasteiger partial charge in [-0.05, 0) is 33.1 Å². The van der Waals surface area contributed by atoms with Gasteiger partial charge in [0.1, 0.15) is 0 Å². The first-order chi connectivity index (χ1) is 11.9. The van der Waals surface area contributed by atoms with Gasteiger partial charge < -0.3 is 9.26 Å². The van der Waals surface area contributed by atoms with Crippen molar-refractivity contribution in [2.24, 2.45) is 0 Å². The number of aromatic nitrogens is 1. The summed E-state index contributed by atoms with van der Waals surface area (Å²) < 4.78 is 35.2. The number of rotatable bonds is 6. The molecule has 1 aromatic heterocycles. The molecule has 1 amide bonds. The number of nitrogens with one attached hydrogen (secondary N) is 1. The fraction of sp³-hybridized carbons (Fsp3) is 0.778. The Balaban J connectivity index is 1.94. The topological polar surface area (TPSA) is 98.5 Å². The first-order valence-electron chi connectivity index (χ1n) is 9.02. The Morgan fingerprint density at radius 3 is 2.38 bits per heavy atom. The fourth-order valence-corrected chi connectivity index (χ4v) is 4.98. The summed E-state index contributed by atoms with van der Waals surface area (Å²) in [5, 5.41) is 6.22. The molecule has 26 heavy (non-hydrogen) atoms. The van der Waals surface area contributed by atoms with E-state index >= 15 is 0 Å². The van der Waals surface area contributed by atoms with Gasteiger partial charge in [-0.1, -0.05) is 25.9 Å². The number of nitrogens with zero attached hydrogens (tertiary/aromatic N) is 1. The van der Waals surface area contributed by atoms with Crippen LogP contribution in [0, 0.1) is 0 Å². The standard InChI is InChI=1S/C18H30N2O5S/c1-17(2,3)14-12-16(25-20-14)19-15(21)6-9-18(4,5)26(22,23)13-7-10-24-11-8-13/h12-13H,6-11H2,1-5H3,(H,19,21). The Kier molecular flexibility index (Phi) is 6.17. The van der Waals surface area contributed by atoms with Gasteiger partial charge in [0.2, 0.25) is 11.8 Å². The lowest BCUT2D eigenvalue weighted by atomic mass is 9.92. The molecular weight excluding hydrogens is 356 g/mol. The molecule has 148 valence electrons. The molecule has 1 aliphatic rings. The minimum absolute atomic E-state index is 0.0982. The molecule has 7 nitrogen and oxygen atoms in total. The van der Waals surface area contributed by atoms with Crippen LogP contribution in [0.5, 0.6) is 0 Å². The van der Waals surface area contributed by atoms with Crippen LogP contribution in [0.25, 0.3) is 0 Å². The van der Waals surface area contributed by atoms with E-state index in [0.717, 1.165) is 5.69 Å². The first-order valence-corrected chi connectivity index (χ1v) is 10.6. The summed E-state index contributed by atoms with van der Waals surface area (Å²) in [7, 11) is -3.34. The van der Waals surface area contributed by atoms with Gasteiger partial charge in [0.25, 0.3) is 0 Å². The highest BCUT2D eigenvalue weighted by molar-refractivity contribution is 7.93. The van der Waals surface area contributed by atoms with E-state index in [4.69, 9.17) is 9.26 Å². The van der Waals surface area contributed by atoms with Crippen molar-refractivity contribution in [2.45, 2.75) is 75.7 Å². The van der Waals surface area contributed by atoms with Crippen LogP contribution in [-0.2, 0) is 24.8 Å². The van der Waals surface area contributed by atoms with E-state index in [2.05, 4.69) is 10.5 Å². The zero-order valence-electron chi connectivity index (χ0n) is 16.3. The SMILES string of the molecule is CC(C)(C)c1cc(NC(=O)CCC(C)(C)S(=O)(=O)C2CCOCC2)on1. The highest BCUT2D eigenvalue weighted by Crippen LogP contribution is 2.31. The van der Waals surface area contributed by atoms with Gasteiger partial charge in [-0.15, -0.1) is 0 Å². The maximum absolute atomic E-state index is 12.9. The minimum atomic E-state index is -3.34. The molecule has 1 aliphatic heterocycles. The fourth-order valence-electron chi connectivity index (χ4n) is 2.88. The van der Waals surface area contributed by atoms with Crippen LogP contribution >= 0.6 is 0 Å². The zero-order valence-corrected chi connectivity index (χ0v) is 17.1. The molecule has 0 bridgehead atoms. The van der Waals surface area contributed by atoms with Crippen LogP contribution in [0.2, 0.25) is 0 Å². The summed E-state index contributed by atoms with van der Waals surface area (Å²) in [6.07, 6.45) is 1.39. The van der Waals surface area contributed by atoms with Crippen molar-refractivity contribution < 1.29 is 22.5 Å². The van der Waals surface area contributed by atoms with Crippen LogP contribution in [0.15, 0.2) is 10.6 Å². The number of anilines is 1. The maximum atomic E-state index is 12.9. The third kappa shape index (κ3) is 4.85. The predicted octanol–water partition coefficient (Wildman–Crippen LogP) is 3.06. The van der Waals surface area contributed by atoms with E-state index in [0.29, 0.717) is 26.1 Å². The molecular formula is C18H30N2O5S. The van der Waals surface area contributed by atoms with Crippen molar-refractivity contribution in [3.05, 3.63) is 11.8 Å². The number of carbonyl (C=O) groups excluding carboxylic acids is 1. The lowest BCUT2D eigenvalue weighted by Gasteiger charge is -2.32. The molecule has 0 spiro atoms. The van der Waals surface area contributed by atoms with Crippen molar-refractivity contribution in [2.75, 3.05) is 18.5 Å². The molecule has 0 unspecified atom stereocenters. The second-order valence-electron chi connectivity index (χ2n) is 8.49. The second kappa shape index (κ2) is 7.68. The smallest absolute Gasteiger partial charge is 0.231 e. The Bertz CT molecular complexity index is 725. The quantitative estimate of drug-likeness (QED) is 0.807. The van der Waals surface area contributed by atoms with E-state index in [9.17, 15) is 13.2 Å². The number of sulfone groups is 1. The van der Waals surface area contributed by atoms with E-state index < -0.39 is 19.8 Å². The number of carbonyl (C=O) groups is 1. The van der Waals surface area contributed by atoms with E-state index in [1.54, 1.807) is 19.9 Å². The minimum Gasteiger partial charge on any atom is -0.381 e. The molecule has 0 aromatic carbocycles. The molecule has 2 rings (SSSR count). The van der Waals surface area contributed by atoms with E-state index in [1.807, 2.05) is 20.8 Å². The lowest BCUT2D eigenvalue weighted by Crippen LogP contribution is -2.42. The number of hydrogen-bond donors (Lipinski definition) is 1. The van der Waals surface area contributed by atoms with Crippen LogP contribution in [0.4, 0.5) is 5.88 Å². The largest absolute Gasteiger partial charge is 0.381 e. The second-order valence-corrected chi connectivity index (χ2v) is 11.4. The first kappa shape index (κ1) is 20.9. The summed E-state index contributed by atoms with van der Waals surface area (Å²) in [6, 6.07) is 1.70. The summed E-state index contributed by atoms with van der Waals surface area (Å²) in [4.78, 5) is 12.2. The van der Waals surface area contributed by atoms with Crippen molar-refractivity contribution in [3.8, 4) is 0 Å². The van der Waals surface area contributed by atoms with Gasteiger partial charge in [0, 0.05) is 31.1 Å². The third-order valence-electron chi connectivity index (χ3n) is 4.87. The Hall–Kier alpha value is -1.41. The summed E-state index contributed by atoms with van der Waals surface area (Å²) >= 11 is 0. The van der Waals surface area contributed by atoms with Crippen LogP contribution < -0.4 is 5.32 Å². The molecule has 8 heteroatoms. The van der Waals surface area contributed by atoms with Crippen molar-refractivity contribution in [1.82, 2.24) is 5.16 Å².